The molecule has 1 heterocycles. The zero-order chi connectivity index (χ0) is 30.1. The number of phenols is 1. The molecule has 43 heavy (non-hydrogen) atoms. The van der Waals surface area contributed by atoms with E-state index in [0.29, 0.717) is 35.0 Å². The lowest BCUT2D eigenvalue weighted by Crippen LogP contribution is -2.47. The SMILES string of the molecule is Cc1cc(NC(=O)[C@H]2Cc3ccccc3N(C(=O)c3c(C)cccc3F)C2c2ccc(NC3CCCC3)cc2)ccc1O. The first-order valence-electron chi connectivity index (χ1n) is 14.9. The lowest BCUT2D eigenvalue weighted by atomic mass is 9.80. The Bertz CT molecular complexity index is 1640. The van der Waals surface area contributed by atoms with Crippen LogP contribution in [0.1, 0.15) is 64.3 Å². The van der Waals surface area contributed by atoms with Crippen molar-refractivity contribution < 1.29 is 19.1 Å². The van der Waals surface area contributed by atoms with E-state index >= 15 is 4.39 Å². The Balaban J connectivity index is 1.44. The topological polar surface area (TPSA) is 81.7 Å². The van der Waals surface area contributed by atoms with Crippen molar-refractivity contribution in [3.05, 3.63) is 119 Å². The third-order valence-electron chi connectivity index (χ3n) is 8.78. The van der Waals surface area contributed by atoms with Crippen molar-refractivity contribution in [3.63, 3.8) is 0 Å². The molecule has 1 fully saturated rings. The third-order valence-corrected chi connectivity index (χ3v) is 8.78. The van der Waals surface area contributed by atoms with Crippen LogP contribution in [0.3, 0.4) is 0 Å². The van der Waals surface area contributed by atoms with Crippen LogP contribution in [0, 0.1) is 25.6 Å². The highest BCUT2D eigenvalue weighted by molar-refractivity contribution is 6.09. The first-order chi connectivity index (χ1) is 20.8. The molecule has 2 aliphatic rings. The molecule has 0 aromatic heterocycles. The molecule has 0 saturated heterocycles. The highest BCUT2D eigenvalue weighted by Crippen LogP contribution is 2.44. The van der Waals surface area contributed by atoms with Crippen LogP contribution in [0.2, 0.25) is 0 Å². The van der Waals surface area contributed by atoms with E-state index in [1.165, 1.54) is 18.9 Å². The van der Waals surface area contributed by atoms with Crippen LogP contribution in [0.25, 0.3) is 0 Å². The number of phenolic OH excluding ortho intramolecular Hbond substituents is 1. The summed E-state index contributed by atoms with van der Waals surface area (Å²) >= 11 is 0. The summed E-state index contributed by atoms with van der Waals surface area (Å²) in [5.74, 6) is -1.87. The van der Waals surface area contributed by atoms with E-state index in [1.54, 1.807) is 49.1 Å². The number of carbonyl (C=O) groups excluding carboxylic acids is 2. The monoisotopic (exact) mass is 577 g/mol. The van der Waals surface area contributed by atoms with Crippen molar-refractivity contribution in [2.24, 2.45) is 5.92 Å². The van der Waals surface area contributed by atoms with Crippen LogP contribution >= 0.6 is 0 Å². The van der Waals surface area contributed by atoms with Crippen molar-refractivity contribution in [2.45, 2.75) is 58.0 Å². The van der Waals surface area contributed by atoms with E-state index in [4.69, 9.17) is 0 Å². The van der Waals surface area contributed by atoms with Gasteiger partial charge >= 0.3 is 0 Å². The van der Waals surface area contributed by atoms with Gasteiger partial charge < -0.3 is 15.7 Å². The molecule has 0 spiro atoms. The molecule has 0 radical (unpaired) electrons. The highest BCUT2D eigenvalue weighted by atomic mass is 19.1. The van der Waals surface area contributed by atoms with Crippen molar-refractivity contribution >= 4 is 28.9 Å². The largest absolute Gasteiger partial charge is 0.508 e. The van der Waals surface area contributed by atoms with Crippen molar-refractivity contribution in [2.75, 3.05) is 15.5 Å². The summed E-state index contributed by atoms with van der Waals surface area (Å²) in [5, 5.41) is 16.6. The molecule has 1 saturated carbocycles. The van der Waals surface area contributed by atoms with Gasteiger partial charge in [-0.3, -0.25) is 14.5 Å². The molecule has 3 N–H and O–H groups in total. The zero-order valence-electron chi connectivity index (χ0n) is 24.4. The first-order valence-corrected chi connectivity index (χ1v) is 14.9. The van der Waals surface area contributed by atoms with Crippen LogP contribution in [-0.2, 0) is 11.2 Å². The number of benzene rings is 4. The average molecular weight is 578 g/mol. The predicted octanol–water partition coefficient (Wildman–Crippen LogP) is 7.70. The fourth-order valence-electron chi connectivity index (χ4n) is 6.52. The van der Waals surface area contributed by atoms with Gasteiger partial charge in [0.05, 0.1) is 17.5 Å². The summed E-state index contributed by atoms with van der Waals surface area (Å²) in [6, 6.07) is 24.8. The maximum atomic E-state index is 15.3. The van der Waals surface area contributed by atoms with Crippen molar-refractivity contribution in [1.29, 1.82) is 0 Å². The number of carbonyl (C=O) groups is 2. The van der Waals surface area contributed by atoms with Gasteiger partial charge in [-0.25, -0.2) is 4.39 Å². The minimum atomic E-state index is -0.694. The highest BCUT2D eigenvalue weighted by Gasteiger charge is 2.43. The minimum absolute atomic E-state index is 0.00274. The van der Waals surface area contributed by atoms with E-state index in [1.807, 2.05) is 48.5 Å². The molecule has 1 aliphatic heterocycles. The summed E-state index contributed by atoms with van der Waals surface area (Å²) < 4.78 is 15.3. The Morgan fingerprint density at radius 1 is 0.860 bits per heavy atom. The molecule has 2 atom stereocenters. The van der Waals surface area contributed by atoms with E-state index in [0.717, 1.165) is 29.7 Å². The van der Waals surface area contributed by atoms with Gasteiger partial charge in [0, 0.05) is 23.1 Å². The number of halogens is 1. The van der Waals surface area contributed by atoms with Crippen LogP contribution in [0.5, 0.6) is 5.75 Å². The normalized spacial score (nSPS) is 18.3. The molecule has 4 aromatic rings. The van der Waals surface area contributed by atoms with Crippen LogP contribution in [-0.4, -0.2) is 23.0 Å². The fraction of sp³-hybridized carbons (Fsp3) is 0.278. The number of rotatable bonds is 6. The second-order valence-corrected chi connectivity index (χ2v) is 11.7. The first kappa shape index (κ1) is 28.5. The number of hydrogen-bond acceptors (Lipinski definition) is 4. The predicted molar refractivity (Wildman–Crippen MR) is 168 cm³/mol. The second-order valence-electron chi connectivity index (χ2n) is 11.7. The molecule has 1 aliphatic carbocycles. The Morgan fingerprint density at radius 3 is 2.30 bits per heavy atom. The van der Waals surface area contributed by atoms with Gasteiger partial charge in [0.15, 0.2) is 0 Å². The number of hydrogen-bond donors (Lipinski definition) is 3. The lowest BCUT2D eigenvalue weighted by Gasteiger charge is -2.42. The standard InChI is InChI=1S/C36H36FN3O3/c1-22-8-7-12-30(37)33(22)36(43)40-31-13-6-3-9-25(31)21-29(35(42)39-28-18-19-32(41)23(2)20-28)34(40)24-14-16-27(17-15-24)38-26-10-4-5-11-26/h3,6-9,12-20,26,29,34,38,41H,4-5,10-11,21H2,1-2H3,(H,39,42)/t29-,34?/m0/s1. The quantitative estimate of drug-likeness (QED) is 0.205. The average Bonchev–Trinajstić information content (AvgIpc) is 3.51. The van der Waals surface area contributed by atoms with Gasteiger partial charge in [-0.15, -0.1) is 0 Å². The van der Waals surface area contributed by atoms with Crippen LogP contribution in [0.15, 0.2) is 84.9 Å². The zero-order valence-corrected chi connectivity index (χ0v) is 24.4. The van der Waals surface area contributed by atoms with Gasteiger partial charge in [-0.1, -0.05) is 55.3 Å². The number of para-hydroxylation sites is 1. The van der Waals surface area contributed by atoms with Crippen molar-refractivity contribution in [3.8, 4) is 5.75 Å². The third kappa shape index (κ3) is 5.72. The molecular weight excluding hydrogens is 541 g/mol. The van der Waals surface area contributed by atoms with Gasteiger partial charge in [0.25, 0.3) is 5.91 Å². The molecule has 6 rings (SSSR count). The number of nitrogens with zero attached hydrogens (tertiary/aromatic N) is 1. The minimum Gasteiger partial charge on any atom is -0.508 e. The lowest BCUT2D eigenvalue weighted by molar-refractivity contribution is -0.120. The summed E-state index contributed by atoms with van der Waals surface area (Å²) in [4.78, 5) is 30.1. The summed E-state index contributed by atoms with van der Waals surface area (Å²) in [6.07, 6.45) is 5.13. The van der Waals surface area contributed by atoms with Gasteiger partial charge in [0.2, 0.25) is 5.91 Å². The van der Waals surface area contributed by atoms with Gasteiger partial charge in [0.1, 0.15) is 11.6 Å². The number of aryl methyl sites for hydroxylation is 2. The summed E-state index contributed by atoms with van der Waals surface area (Å²) in [7, 11) is 0. The van der Waals surface area contributed by atoms with Crippen LogP contribution in [0.4, 0.5) is 21.5 Å². The number of amides is 2. The summed E-state index contributed by atoms with van der Waals surface area (Å²) in [6.45, 7) is 3.49. The Labute approximate surface area is 251 Å². The second kappa shape index (κ2) is 11.9. The van der Waals surface area contributed by atoms with E-state index in [2.05, 4.69) is 10.6 Å². The van der Waals surface area contributed by atoms with E-state index in [9.17, 15) is 14.7 Å². The molecule has 220 valence electrons. The smallest absolute Gasteiger partial charge is 0.262 e. The number of nitrogens with one attached hydrogen (secondary N) is 2. The van der Waals surface area contributed by atoms with Crippen molar-refractivity contribution in [1.82, 2.24) is 0 Å². The Kier molecular flexibility index (Phi) is 7.89. The summed E-state index contributed by atoms with van der Waals surface area (Å²) in [5.41, 5.74) is 5.00. The Morgan fingerprint density at radius 2 is 1.58 bits per heavy atom. The molecule has 2 amide bonds. The van der Waals surface area contributed by atoms with E-state index in [-0.39, 0.29) is 17.2 Å². The molecule has 0 bridgehead atoms. The van der Waals surface area contributed by atoms with Crippen LogP contribution < -0.4 is 15.5 Å². The van der Waals surface area contributed by atoms with E-state index < -0.39 is 23.7 Å². The molecule has 7 heteroatoms. The number of fused-ring (bicyclic) bond motifs is 1. The van der Waals surface area contributed by atoms with Gasteiger partial charge in [-0.2, -0.15) is 0 Å². The fourth-order valence-corrected chi connectivity index (χ4v) is 6.52. The number of anilines is 3. The molecular formula is C36H36FN3O3. The Hall–Kier alpha value is -4.65. The molecule has 6 nitrogen and oxygen atoms in total. The number of aromatic hydroxyl groups is 1. The van der Waals surface area contributed by atoms with Gasteiger partial charge in [-0.05, 0) is 97.8 Å². The maximum Gasteiger partial charge on any atom is 0.262 e. The molecule has 4 aromatic carbocycles. The maximum absolute atomic E-state index is 15.3. The molecule has 1 unspecified atom stereocenters.